The van der Waals surface area contributed by atoms with Crippen LogP contribution in [0.3, 0.4) is 0 Å². The number of rotatable bonds is 1. The predicted octanol–water partition coefficient (Wildman–Crippen LogP) is 3.07. The number of benzene rings is 3. The second-order valence-corrected chi connectivity index (χ2v) is 7.47. The van der Waals surface area contributed by atoms with Gasteiger partial charge in [0.15, 0.2) is 9.84 Å². The first-order valence-corrected chi connectivity index (χ1v) is 8.70. The Balaban J connectivity index is 2.25. The van der Waals surface area contributed by atoms with Crippen molar-refractivity contribution in [1.29, 1.82) is 0 Å². The number of esters is 1. The van der Waals surface area contributed by atoms with Crippen molar-refractivity contribution in [2.24, 2.45) is 0 Å². The van der Waals surface area contributed by atoms with Crippen LogP contribution in [-0.4, -0.2) is 20.6 Å². The van der Waals surface area contributed by atoms with Crippen LogP contribution >= 0.6 is 0 Å². The highest BCUT2D eigenvalue weighted by Crippen LogP contribution is 2.37. The van der Waals surface area contributed by atoms with Crippen LogP contribution in [0.15, 0.2) is 47.4 Å². The van der Waals surface area contributed by atoms with Gasteiger partial charge in [-0.25, -0.2) is 13.2 Å². The van der Waals surface area contributed by atoms with Crippen molar-refractivity contribution in [3.05, 3.63) is 53.6 Å². The van der Waals surface area contributed by atoms with E-state index in [2.05, 4.69) is 0 Å². The van der Waals surface area contributed by atoms with Crippen molar-refractivity contribution in [3.8, 4) is 0 Å². The smallest absolute Gasteiger partial charge is 0.339 e. The lowest BCUT2D eigenvalue weighted by Gasteiger charge is -2.10. The van der Waals surface area contributed by atoms with Gasteiger partial charge in [0.1, 0.15) is 6.61 Å². The molecule has 110 valence electrons. The van der Waals surface area contributed by atoms with Gasteiger partial charge in [-0.05, 0) is 33.7 Å². The highest BCUT2D eigenvalue weighted by Gasteiger charge is 2.27. The molecule has 0 aromatic heterocycles. The van der Waals surface area contributed by atoms with E-state index >= 15 is 0 Å². The molecule has 22 heavy (non-hydrogen) atoms. The molecule has 0 unspecified atom stereocenters. The van der Waals surface area contributed by atoms with Crippen LogP contribution < -0.4 is 0 Å². The van der Waals surface area contributed by atoms with Crippen LogP contribution in [0.5, 0.6) is 0 Å². The fourth-order valence-electron chi connectivity index (χ4n) is 3.07. The molecule has 0 aliphatic carbocycles. The first kappa shape index (κ1) is 13.3. The Hall–Kier alpha value is -2.40. The van der Waals surface area contributed by atoms with Gasteiger partial charge in [0.25, 0.3) is 0 Å². The Morgan fingerprint density at radius 3 is 2.41 bits per heavy atom. The molecule has 3 aromatic rings. The van der Waals surface area contributed by atoms with E-state index in [0.29, 0.717) is 5.56 Å². The van der Waals surface area contributed by atoms with Crippen LogP contribution in [0.2, 0.25) is 0 Å². The van der Waals surface area contributed by atoms with Gasteiger partial charge in [-0.3, -0.25) is 0 Å². The summed E-state index contributed by atoms with van der Waals surface area (Å²) in [7, 11) is -3.29. The number of carbonyl (C=O) groups excluding carboxylic acids is 1. The quantitative estimate of drug-likeness (QED) is 0.512. The van der Waals surface area contributed by atoms with Crippen molar-refractivity contribution < 1.29 is 17.9 Å². The monoisotopic (exact) mass is 312 g/mol. The maximum absolute atomic E-state index is 12.0. The van der Waals surface area contributed by atoms with Crippen molar-refractivity contribution in [3.63, 3.8) is 0 Å². The maximum atomic E-state index is 12.0. The van der Waals surface area contributed by atoms with Crippen LogP contribution in [0, 0.1) is 0 Å². The van der Waals surface area contributed by atoms with Crippen LogP contribution in [0.1, 0.15) is 15.9 Å². The Bertz CT molecular complexity index is 1060. The molecule has 0 amide bonds. The van der Waals surface area contributed by atoms with Crippen molar-refractivity contribution in [1.82, 2.24) is 0 Å². The average Bonchev–Trinajstić information content (AvgIpc) is 2.88. The number of hydrogen-bond acceptors (Lipinski definition) is 4. The lowest BCUT2D eigenvalue weighted by atomic mass is 9.93. The summed E-state index contributed by atoms with van der Waals surface area (Å²) in [4.78, 5) is 12.3. The standard InChI is InChI=1S/C17H12O4S/c1-22(19,20)10-6-7-12-14(8-10)11-4-2-3-5-13(11)16-15(12)9-21-17(16)18/h2-8H,9H2,1H3. The highest BCUT2D eigenvalue weighted by atomic mass is 32.2. The molecule has 5 heteroatoms. The first-order valence-electron chi connectivity index (χ1n) is 6.81. The normalized spacial score (nSPS) is 14.3. The van der Waals surface area contributed by atoms with E-state index in [9.17, 15) is 13.2 Å². The summed E-state index contributed by atoms with van der Waals surface area (Å²) in [5.41, 5.74) is 1.42. The topological polar surface area (TPSA) is 60.4 Å². The molecule has 0 saturated carbocycles. The zero-order valence-corrected chi connectivity index (χ0v) is 12.6. The summed E-state index contributed by atoms with van der Waals surface area (Å²) in [6.07, 6.45) is 1.19. The van der Waals surface area contributed by atoms with Gasteiger partial charge in [-0.2, -0.15) is 0 Å². The fourth-order valence-corrected chi connectivity index (χ4v) is 3.71. The third-order valence-corrected chi connectivity index (χ3v) is 5.19. The lowest BCUT2D eigenvalue weighted by molar-refractivity contribution is 0.0537. The van der Waals surface area contributed by atoms with E-state index in [4.69, 9.17) is 4.74 Å². The molecule has 3 aromatic carbocycles. The Morgan fingerprint density at radius 2 is 1.68 bits per heavy atom. The zero-order valence-electron chi connectivity index (χ0n) is 11.8. The summed E-state index contributed by atoms with van der Waals surface area (Å²) >= 11 is 0. The largest absolute Gasteiger partial charge is 0.457 e. The van der Waals surface area contributed by atoms with E-state index in [1.165, 1.54) is 6.26 Å². The minimum Gasteiger partial charge on any atom is -0.457 e. The number of hydrogen-bond donors (Lipinski definition) is 0. The molecule has 0 atom stereocenters. The maximum Gasteiger partial charge on any atom is 0.339 e. The molecule has 1 heterocycles. The molecule has 4 rings (SSSR count). The molecule has 1 aliphatic heterocycles. The second-order valence-electron chi connectivity index (χ2n) is 5.45. The van der Waals surface area contributed by atoms with Gasteiger partial charge in [0.2, 0.25) is 0 Å². The van der Waals surface area contributed by atoms with E-state index in [1.807, 2.05) is 24.3 Å². The SMILES string of the molecule is CS(=O)(=O)c1ccc2c3c(c4ccccc4c2c1)C(=O)OC3. The lowest BCUT2D eigenvalue weighted by Crippen LogP contribution is -1.99. The minimum absolute atomic E-state index is 0.230. The third kappa shape index (κ3) is 1.75. The molecule has 0 radical (unpaired) electrons. The Labute approximate surface area is 127 Å². The van der Waals surface area contributed by atoms with Crippen LogP contribution in [0.4, 0.5) is 0 Å². The van der Waals surface area contributed by atoms with Gasteiger partial charge in [-0.15, -0.1) is 0 Å². The number of cyclic esters (lactones) is 1. The number of ether oxygens (including phenoxy) is 1. The van der Waals surface area contributed by atoms with Gasteiger partial charge >= 0.3 is 5.97 Å². The molecular weight excluding hydrogens is 300 g/mol. The summed E-state index contributed by atoms with van der Waals surface area (Å²) in [6.45, 7) is 0.230. The molecule has 0 bridgehead atoms. The van der Waals surface area contributed by atoms with E-state index in [0.717, 1.165) is 27.1 Å². The fraction of sp³-hybridized carbons (Fsp3) is 0.118. The summed E-state index contributed by atoms with van der Waals surface area (Å²) in [6, 6.07) is 12.5. The predicted molar refractivity (Wildman–Crippen MR) is 83.7 cm³/mol. The van der Waals surface area contributed by atoms with Crippen molar-refractivity contribution >= 4 is 37.4 Å². The minimum atomic E-state index is -3.29. The molecular formula is C17H12O4S. The van der Waals surface area contributed by atoms with Crippen LogP contribution in [0.25, 0.3) is 21.5 Å². The van der Waals surface area contributed by atoms with Gasteiger partial charge in [0.05, 0.1) is 10.5 Å². The molecule has 0 N–H and O–H groups in total. The second kappa shape index (κ2) is 4.30. The average molecular weight is 312 g/mol. The van der Waals surface area contributed by atoms with Gasteiger partial charge < -0.3 is 4.74 Å². The molecule has 4 nitrogen and oxygen atoms in total. The number of fused-ring (bicyclic) bond motifs is 6. The molecule has 0 fully saturated rings. The highest BCUT2D eigenvalue weighted by molar-refractivity contribution is 7.90. The summed E-state index contributed by atoms with van der Waals surface area (Å²) in [5.74, 6) is -0.319. The zero-order chi connectivity index (χ0) is 15.5. The van der Waals surface area contributed by atoms with Crippen LogP contribution in [-0.2, 0) is 21.2 Å². The van der Waals surface area contributed by atoms with Crippen molar-refractivity contribution in [2.75, 3.05) is 6.26 Å². The molecule has 0 spiro atoms. The summed E-state index contributed by atoms with van der Waals surface area (Å²) in [5, 5.41) is 3.36. The third-order valence-electron chi connectivity index (χ3n) is 4.08. The summed E-state index contributed by atoms with van der Waals surface area (Å²) < 4.78 is 28.8. The first-order chi connectivity index (χ1) is 10.5. The Morgan fingerprint density at radius 1 is 0.955 bits per heavy atom. The Kier molecular flexibility index (Phi) is 2.60. The van der Waals surface area contributed by atoms with E-state index in [-0.39, 0.29) is 17.5 Å². The molecule has 1 aliphatic rings. The van der Waals surface area contributed by atoms with Crippen molar-refractivity contribution in [2.45, 2.75) is 11.5 Å². The number of carbonyl (C=O) groups is 1. The molecule has 0 saturated heterocycles. The van der Waals surface area contributed by atoms with Gasteiger partial charge in [-0.1, -0.05) is 30.3 Å². The van der Waals surface area contributed by atoms with E-state index < -0.39 is 9.84 Å². The van der Waals surface area contributed by atoms with Gasteiger partial charge in [0, 0.05) is 11.8 Å². The number of sulfone groups is 1. The van der Waals surface area contributed by atoms with E-state index in [1.54, 1.807) is 18.2 Å².